The van der Waals surface area contributed by atoms with Crippen molar-refractivity contribution in [2.24, 2.45) is 5.92 Å². The summed E-state index contributed by atoms with van der Waals surface area (Å²) in [5, 5.41) is 24.3. The summed E-state index contributed by atoms with van der Waals surface area (Å²) in [6, 6.07) is 6.96. The van der Waals surface area contributed by atoms with E-state index in [4.69, 9.17) is 0 Å². The lowest BCUT2D eigenvalue weighted by atomic mass is 9.99. The van der Waals surface area contributed by atoms with Crippen molar-refractivity contribution in [2.75, 3.05) is 6.54 Å². The fraction of sp³-hybridized carbons (Fsp3) is 0.625. The van der Waals surface area contributed by atoms with Crippen LogP contribution in [0, 0.1) is 16.0 Å². The molecule has 0 radical (unpaired) electrons. The lowest BCUT2D eigenvalue weighted by Gasteiger charge is -2.22. The molecule has 116 valence electrons. The molecule has 5 nitrogen and oxygen atoms in total. The van der Waals surface area contributed by atoms with Crippen LogP contribution in [-0.2, 0) is 0 Å². The first-order chi connectivity index (χ1) is 10.1. The lowest BCUT2D eigenvalue weighted by Crippen LogP contribution is -2.31. The van der Waals surface area contributed by atoms with E-state index in [-0.39, 0.29) is 22.8 Å². The van der Waals surface area contributed by atoms with Crippen LogP contribution in [0.2, 0.25) is 0 Å². The maximum Gasteiger partial charge on any atom is 0.269 e. The minimum atomic E-state index is -0.354. The van der Waals surface area contributed by atoms with Crippen molar-refractivity contribution >= 4 is 5.69 Å². The molecule has 3 unspecified atom stereocenters. The van der Waals surface area contributed by atoms with Gasteiger partial charge in [-0.2, -0.15) is 0 Å². The lowest BCUT2D eigenvalue weighted by molar-refractivity contribution is -0.384. The van der Waals surface area contributed by atoms with Gasteiger partial charge in [0.2, 0.25) is 0 Å². The molecule has 2 N–H and O–H groups in total. The van der Waals surface area contributed by atoms with E-state index in [1.165, 1.54) is 6.07 Å². The molecule has 2 rings (SSSR count). The third-order valence-electron chi connectivity index (χ3n) is 4.31. The SMILES string of the molecule is CCCC(NCC1CCCC1O)c1cccc([N+](=O)[O-])c1. The normalized spacial score (nSPS) is 23.1. The molecule has 3 atom stereocenters. The third kappa shape index (κ3) is 4.25. The Hall–Kier alpha value is -1.46. The van der Waals surface area contributed by atoms with Gasteiger partial charge in [-0.05, 0) is 30.7 Å². The molecule has 1 aliphatic rings. The number of hydrogen-bond donors (Lipinski definition) is 2. The number of benzene rings is 1. The van der Waals surface area contributed by atoms with Crippen LogP contribution in [-0.4, -0.2) is 22.7 Å². The molecule has 1 aromatic rings. The highest BCUT2D eigenvalue weighted by Crippen LogP contribution is 2.27. The third-order valence-corrected chi connectivity index (χ3v) is 4.31. The first-order valence-electron chi connectivity index (χ1n) is 7.77. The fourth-order valence-electron chi connectivity index (χ4n) is 3.08. The van der Waals surface area contributed by atoms with E-state index >= 15 is 0 Å². The Morgan fingerprint density at radius 2 is 2.29 bits per heavy atom. The Morgan fingerprint density at radius 3 is 2.90 bits per heavy atom. The average molecular weight is 292 g/mol. The molecule has 1 aromatic carbocycles. The average Bonchev–Trinajstić information content (AvgIpc) is 2.89. The molecule has 0 aromatic heterocycles. The van der Waals surface area contributed by atoms with Crippen molar-refractivity contribution < 1.29 is 10.0 Å². The molecular formula is C16H24N2O3. The molecular weight excluding hydrogens is 268 g/mol. The maximum atomic E-state index is 10.9. The van der Waals surface area contributed by atoms with Crippen LogP contribution in [0.3, 0.4) is 0 Å². The van der Waals surface area contributed by atoms with E-state index in [2.05, 4.69) is 12.2 Å². The molecule has 1 fully saturated rings. The molecule has 0 heterocycles. The van der Waals surface area contributed by atoms with Crippen molar-refractivity contribution in [3.63, 3.8) is 0 Å². The molecule has 0 spiro atoms. The van der Waals surface area contributed by atoms with Crippen molar-refractivity contribution in [1.82, 2.24) is 5.32 Å². The first kappa shape index (κ1) is 15.9. The van der Waals surface area contributed by atoms with Crippen LogP contribution >= 0.6 is 0 Å². The standard InChI is InChI=1S/C16H24N2O3/c1-2-5-15(17-11-13-7-4-9-16(13)19)12-6-3-8-14(10-12)18(20)21/h3,6,8,10,13,15-17,19H,2,4-5,7,9,11H2,1H3. The topological polar surface area (TPSA) is 75.4 Å². The Morgan fingerprint density at radius 1 is 1.48 bits per heavy atom. The Balaban J connectivity index is 2.03. The number of hydrogen-bond acceptors (Lipinski definition) is 4. The van der Waals surface area contributed by atoms with E-state index in [0.717, 1.165) is 44.2 Å². The minimum absolute atomic E-state index is 0.114. The summed E-state index contributed by atoms with van der Waals surface area (Å²) in [6.45, 7) is 2.88. The van der Waals surface area contributed by atoms with E-state index in [1.807, 2.05) is 6.07 Å². The zero-order chi connectivity index (χ0) is 15.2. The minimum Gasteiger partial charge on any atom is -0.393 e. The number of aliphatic hydroxyl groups is 1. The Kier molecular flexibility index (Phi) is 5.70. The van der Waals surface area contributed by atoms with Gasteiger partial charge in [0.1, 0.15) is 0 Å². The smallest absolute Gasteiger partial charge is 0.269 e. The van der Waals surface area contributed by atoms with Gasteiger partial charge in [-0.3, -0.25) is 10.1 Å². The van der Waals surface area contributed by atoms with Gasteiger partial charge in [-0.25, -0.2) is 0 Å². The van der Waals surface area contributed by atoms with Gasteiger partial charge < -0.3 is 10.4 Å². The van der Waals surface area contributed by atoms with Gasteiger partial charge >= 0.3 is 0 Å². The van der Waals surface area contributed by atoms with Crippen LogP contribution in [0.25, 0.3) is 0 Å². The molecule has 5 heteroatoms. The Bertz CT molecular complexity index is 478. The van der Waals surface area contributed by atoms with Crippen molar-refractivity contribution in [2.45, 2.75) is 51.2 Å². The Labute approximate surface area is 125 Å². The quantitative estimate of drug-likeness (QED) is 0.598. The summed E-state index contributed by atoms with van der Waals surface area (Å²) in [6.07, 6.45) is 4.77. The molecule has 0 aliphatic heterocycles. The summed E-state index contributed by atoms with van der Waals surface area (Å²) in [5.74, 6) is 0.308. The van der Waals surface area contributed by atoms with Gasteiger partial charge in [0.05, 0.1) is 11.0 Å². The van der Waals surface area contributed by atoms with Crippen LogP contribution in [0.15, 0.2) is 24.3 Å². The number of nitro groups is 1. The van der Waals surface area contributed by atoms with Gasteiger partial charge in [0.15, 0.2) is 0 Å². The van der Waals surface area contributed by atoms with E-state index in [0.29, 0.717) is 5.92 Å². The van der Waals surface area contributed by atoms with Crippen molar-refractivity contribution in [1.29, 1.82) is 0 Å². The number of non-ortho nitro benzene ring substituents is 1. The fourth-order valence-corrected chi connectivity index (χ4v) is 3.08. The number of nitrogens with zero attached hydrogens (tertiary/aromatic N) is 1. The van der Waals surface area contributed by atoms with Crippen LogP contribution < -0.4 is 5.32 Å². The molecule has 0 bridgehead atoms. The van der Waals surface area contributed by atoms with E-state index in [1.54, 1.807) is 12.1 Å². The van der Waals surface area contributed by atoms with Crippen LogP contribution in [0.5, 0.6) is 0 Å². The second-order valence-electron chi connectivity index (χ2n) is 5.86. The van der Waals surface area contributed by atoms with Gasteiger partial charge in [-0.1, -0.05) is 31.9 Å². The van der Waals surface area contributed by atoms with Crippen molar-refractivity contribution in [3.05, 3.63) is 39.9 Å². The van der Waals surface area contributed by atoms with Gasteiger partial charge in [0, 0.05) is 24.7 Å². The largest absolute Gasteiger partial charge is 0.393 e. The number of nitro benzene ring substituents is 1. The summed E-state index contributed by atoms with van der Waals surface area (Å²) in [5.41, 5.74) is 1.09. The summed E-state index contributed by atoms with van der Waals surface area (Å²) in [7, 11) is 0. The highest BCUT2D eigenvalue weighted by Gasteiger charge is 2.26. The summed E-state index contributed by atoms with van der Waals surface area (Å²) < 4.78 is 0. The zero-order valence-corrected chi connectivity index (χ0v) is 12.5. The monoisotopic (exact) mass is 292 g/mol. The van der Waals surface area contributed by atoms with Crippen LogP contribution in [0.1, 0.15) is 50.6 Å². The van der Waals surface area contributed by atoms with Crippen molar-refractivity contribution in [3.8, 4) is 0 Å². The molecule has 0 saturated heterocycles. The predicted molar refractivity (Wildman–Crippen MR) is 82.1 cm³/mol. The number of aliphatic hydroxyl groups excluding tert-OH is 1. The summed E-state index contributed by atoms with van der Waals surface area (Å²) in [4.78, 5) is 10.5. The highest BCUT2D eigenvalue weighted by molar-refractivity contribution is 5.35. The highest BCUT2D eigenvalue weighted by atomic mass is 16.6. The predicted octanol–water partition coefficient (Wildman–Crippen LogP) is 3.19. The van der Waals surface area contributed by atoms with E-state index < -0.39 is 0 Å². The molecule has 0 amide bonds. The molecule has 1 aliphatic carbocycles. The van der Waals surface area contributed by atoms with E-state index in [9.17, 15) is 15.2 Å². The summed E-state index contributed by atoms with van der Waals surface area (Å²) >= 11 is 0. The van der Waals surface area contributed by atoms with Gasteiger partial charge in [0.25, 0.3) is 5.69 Å². The van der Waals surface area contributed by atoms with Gasteiger partial charge in [-0.15, -0.1) is 0 Å². The maximum absolute atomic E-state index is 10.9. The number of nitrogens with one attached hydrogen (secondary N) is 1. The first-order valence-corrected chi connectivity index (χ1v) is 7.77. The second kappa shape index (κ2) is 7.52. The molecule has 1 saturated carbocycles. The number of rotatable bonds is 7. The molecule has 21 heavy (non-hydrogen) atoms. The van der Waals surface area contributed by atoms with Crippen LogP contribution in [0.4, 0.5) is 5.69 Å². The zero-order valence-electron chi connectivity index (χ0n) is 12.5. The second-order valence-corrected chi connectivity index (χ2v) is 5.86.